The summed E-state index contributed by atoms with van der Waals surface area (Å²) in [4.78, 5) is 14.0. The van der Waals surface area contributed by atoms with Crippen LogP contribution in [0.1, 0.15) is 29.0 Å². The van der Waals surface area contributed by atoms with Gasteiger partial charge in [0.05, 0.1) is 24.4 Å². The number of hydrogen-bond donors (Lipinski definition) is 1. The first-order valence-corrected chi connectivity index (χ1v) is 18.4. The number of halogens is 3. The highest BCUT2D eigenvalue weighted by molar-refractivity contribution is 8.00. The predicted molar refractivity (Wildman–Crippen MR) is 186 cm³/mol. The van der Waals surface area contributed by atoms with E-state index in [4.69, 9.17) is 4.74 Å². The van der Waals surface area contributed by atoms with Gasteiger partial charge in [0.1, 0.15) is 34.5 Å². The van der Waals surface area contributed by atoms with Gasteiger partial charge in [0, 0.05) is 102 Å². The zero-order valence-electron chi connectivity index (χ0n) is 26.8. The summed E-state index contributed by atoms with van der Waals surface area (Å²) < 4.78 is 61.2. The Morgan fingerprint density at radius 1 is 1.10 bits per heavy atom. The van der Waals surface area contributed by atoms with E-state index in [9.17, 15) is 22.6 Å². The van der Waals surface area contributed by atoms with Gasteiger partial charge >= 0.3 is 6.18 Å². The maximum Gasteiger partial charge on any atom is 0.393 e. The van der Waals surface area contributed by atoms with Crippen LogP contribution in [0.3, 0.4) is 0 Å². The molecule has 6 rings (SSSR count). The fourth-order valence-electron chi connectivity index (χ4n) is 6.57. The standard InChI is InChI=1S/C33H39F3N8O2S2/c1-4-48(3,45)43-12-9-41(10-13-43)11-14-44-26(20-37)16-23-15-24(30(46-2)18-29(23)44)21-42-7-5-25(6-8-42)40-31-28-17-27(19-33(34,35)36)47-32(28)39-22-38-31/h4,15-18,22,25H,1,3,5-14,19,21H2,2H3,(H,38,39,40). The lowest BCUT2D eigenvalue weighted by Gasteiger charge is -2.35. The largest absolute Gasteiger partial charge is 0.496 e. The molecule has 0 saturated carbocycles. The van der Waals surface area contributed by atoms with E-state index in [-0.39, 0.29) is 10.9 Å². The Morgan fingerprint density at radius 3 is 2.52 bits per heavy atom. The number of methoxy groups -OCH3 is 1. The van der Waals surface area contributed by atoms with Crippen LogP contribution in [-0.4, -0.2) is 104 Å². The minimum atomic E-state index is -4.27. The smallest absolute Gasteiger partial charge is 0.393 e. The highest BCUT2D eigenvalue weighted by Gasteiger charge is 2.29. The number of benzene rings is 1. The number of hydrogen-bond acceptors (Lipinski definition) is 9. The topological polar surface area (TPSA) is 103 Å². The minimum Gasteiger partial charge on any atom is -0.496 e. The summed E-state index contributed by atoms with van der Waals surface area (Å²) in [5.74, 6) is 5.15. The summed E-state index contributed by atoms with van der Waals surface area (Å²) in [6.07, 6.45) is -2.15. The molecule has 0 aliphatic carbocycles. The van der Waals surface area contributed by atoms with E-state index in [0.29, 0.717) is 47.9 Å². The van der Waals surface area contributed by atoms with Gasteiger partial charge in [-0.25, -0.2) is 18.5 Å². The maximum absolute atomic E-state index is 13.0. The zero-order chi connectivity index (χ0) is 34.1. The zero-order valence-corrected chi connectivity index (χ0v) is 28.5. The summed E-state index contributed by atoms with van der Waals surface area (Å²) in [7, 11) is -0.761. The number of likely N-dealkylation sites (tertiary alicyclic amines) is 1. The van der Waals surface area contributed by atoms with Crippen LogP contribution in [-0.2, 0) is 29.2 Å². The van der Waals surface area contributed by atoms with Gasteiger partial charge in [0.15, 0.2) is 0 Å². The Hall–Kier alpha value is -3.68. The molecule has 0 radical (unpaired) electrons. The van der Waals surface area contributed by atoms with Crippen molar-refractivity contribution in [3.05, 3.63) is 58.7 Å². The quantitative estimate of drug-likeness (QED) is 0.216. The van der Waals surface area contributed by atoms with Crippen molar-refractivity contribution in [2.75, 3.05) is 58.2 Å². The van der Waals surface area contributed by atoms with Gasteiger partial charge in [-0.05, 0) is 36.9 Å². The van der Waals surface area contributed by atoms with Crippen molar-refractivity contribution in [2.24, 2.45) is 0 Å². The van der Waals surface area contributed by atoms with Crippen LogP contribution in [0.15, 0.2) is 42.6 Å². The molecule has 4 aromatic rings. The second-order valence-corrected chi connectivity index (χ2v) is 15.6. The van der Waals surface area contributed by atoms with Crippen LogP contribution in [0, 0.1) is 11.3 Å². The first kappa shape index (κ1) is 34.2. The second kappa shape index (κ2) is 14.0. The first-order chi connectivity index (χ1) is 23.0. The first-order valence-electron chi connectivity index (χ1n) is 15.8. The number of piperidine rings is 1. The Balaban J connectivity index is 1.08. The average molecular weight is 701 g/mol. The number of nitrogens with one attached hydrogen (secondary N) is 1. The van der Waals surface area contributed by atoms with Crippen LogP contribution >= 0.6 is 11.3 Å². The van der Waals surface area contributed by atoms with Gasteiger partial charge in [-0.3, -0.25) is 9.80 Å². The molecule has 1 N–H and O–H groups in total. The molecule has 2 saturated heterocycles. The van der Waals surface area contributed by atoms with Gasteiger partial charge in [-0.15, -0.1) is 11.3 Å². The third-order valence-electron chi connectivity index (χ3n) is 9.16. The molecule has 1 aromatic carbocycles. The van der Waals surface area contributed by atoms with Crippen LogP contribution in [0.5, 0.6) is 5.75 Å². The molecular formula is C33H39F3N8O2S2. The summed E-state index contributed by atoms with van der Waals surface area (Å²) in [5, 5.41) is 16.5. The van der Waals surface area contributed by atoms with Crippen molar-refractivity contribution < 1.29 is 22.1 Å². The van der Waals surface area contributed by atoms with Crippen molar-refractivity contribution in [2.45, 2.75) is 44.6 Å². The molecule has 1 unspecified atom stereocenters. The van der Waals surface area contributed by atoms with Crippen LogP contribution in [0.2, 0.25) is 0 Å². The van der Waals surface area contributed by atoms with Gasteiger partial charge in [-0.2, -0.15) is 18.4 Å². The average Bonchev–Trinajstić information content (AvgIpc) is 3.63. The molecule has 0 bridgehead atoms. The number of thiophene rings is 1. The Morgan fingerprint density at radius 2 is 1.85 bits per heavy atom. The highest BCUT2D eigenvalue weighted by Crippen LogP contribution is 2.34. The molecule has 3 aromatic heterocycles. The molecule has 2 aliphatic rings. The predicted octanol–water partition coefficient (Wildman–Crippen LogP) is 5.10. The Labute approximate surface area is 282 Å². The number of nitrogens with zero attached hydrogens (tertiary/aromatic N) is 7. The van der Waals surface area contributed by atoms with E-state index >= 15 is 0 Å². The lowest BCUT2D eigenvalue weighted by Crippen LogP contribution is -2.48. The number of nitriles is 1. The highest BCUT2D eigenvalue weighted by atomic mass is 32.2. The van der Waals surface area contributed by atoms with Crippen molar-refractivity contribution in [3.63, 3.8) is 0 Å². The third kappa shape index (κ3) is 7.63. The number of anilines is 1. The van der Waals surface area contributed by atoms with Crippen LogP contribution in [0.4, 0.5) is 19.0 Å². The molecule has 256 valence electrons. The minimum absolute atomic E-state index is 0.134. The third-order valence-corrected chi connectivity index (χ3v) is 12.0. The van der Waals surface area contributed by atoms with E-state index in [0.717, 1.165) is 79.1 Å². The summed E-state index contributed by atoms with van der Waals surface area (Å²) in [5.41, 5.74) is 2.59. The van der Waals surface area contributed by atoms with E-state index in [1.54, 1.807) is 13.2 Å². The number of ether oxygens (including phenoxy) is 1. The van der Waals surface area contributed by atoms with E-state index in [1.165, 1.54) is 11.7 Å². The Kier molecular flexibility index (Phi) is 10.0. The number of fused-ring (bicyclic) bond motifs is 2. The maximum atomic E-state index is 13.0. The fraction of sp³-hybridized carbons (Fsp3) is 0.455. The van der Waals surface area contributed by atoms with Gasteiger partial charge < -0.3 is 14.6 Å². The number of aromatic nitrogens is 3. The molecule has 48 heavy (non-hydrogen) atoms. The van der Waals surface area contributed by atoms with Crippen LogP contribution < -0.4 is 10.1 Å². The molecular weight excluding hydrogens is 662 g/mol. The molecule has 1 atom stereocenters. The number of rotatable bonds is 11. The van der Waals surface area contributed by atoms with E-state index < -0.39 is 22.3 Å². The normalized spacial score (nSPS) is 18.6. The fourth-order valence-corrected chi connectivity index (χ4v) is 8.59. The molecule has 0 spiro atoms. The van der Waals surface area contributed by atoms with Crippen LogP contribution in [0.25, 0.3) is 21.1 Å². The molecule has 2 aliphatic heterocycles. The van der Waals surface area contributed by atoms with Gasteiger partial charge in [0.2, 0.25) is 0 Å². The summed E-state index contributed by atoms with van der Waals surface area (Å²) >= 11 is 1.05. The molecule has 10 nitrogen and oxygen atoms in total. The van der Waals surface area contributed by atoms with E-state index in [2.05, 4.69) is 49.7 Å². The summed E-state index contributed by atoms with van der Waals surface area (Å²) in [6, 6.07) is 10.1. The molecule has 5 heterocycles. The number of alkyl halides is 3. The lowest BCUT2D eigenvalue weighted by atomic mass is 10.0. The van der Waals surface area contributed by atoms with Crippen molar-refractivity contribution in [3.8, 4) is 11.8 Å². The molecule has 2 fully saturated rings. The van der Waals surface area contributed by atoms with Gasteiger partial charge in [-0.1, -0.05) is 6.58 Å². The molecule has 15 heteroatoms. The number of piperazine rings is 1. The molecule has 0 amide bonds. The summed E-state index contributed by atoms with van der Waals surface area (Å²) in [6.45, 7) is 10.2. The van der Waals surface area contributed by atoms with E-state index in [1.807, 2.05) is 21.0 Å². The van der Waals surface area contributed by atoms with Crippen molar-refractivity contribution in [1.29, 1.82) is 5.26 Å². The monoisotopic (exact) mass is 700 g/mol. The van der Waals surface area contributed by atoms with Crippen molar-refractivity contribution in [1.82, 2.24) is 28.6 Å². The SMILES string of the molecule is C=CS(=C)(=O)N1CCN(CCn2c(C#N)cc3cc(CN4CCC(Nc5ncnc6sc(CC(F)(F)F)cc56)CC4)c(OC)cc32)CC1. The second-order valence-electron chi connectivity index (χ2n) is 12.3. The van der Waals surface area contributed by atoms with Gasteiger partial charge in [0.25, 0.3) is 0 Å². The Bertz CT molecular complexity index is 1930. The van der Waals surface area contributed by atoms with Crippen molar-refractivity contribution >= 4 is 53.9 Å². The lowest BCUT2D eigenvalue weighted by molar-refractivity contribution is -0.126.